The number of likely N-dealkylation sites (tertiary alicyclic amines) is 1. The first kappa shape index (κ1) is 13.2. The maximum atomic E-state index is 9.92. The van der Waals surface area contributed by atoms with Crippen molar-refractivity contribution in [3.8, 4) is 5.75 Å². The van der Waals surface area contributed by atoms with E-state index >= 15 is 0 Å². The van der Waals surface area contributed by atoms with Crippen LogP contribution in [0.1, 0.15) is 24.8 Å². The van der Waals surface area contributed by atoms with Crippen molar-refractivity contribution in [1.82, 2.24) is 4.90 Å². The van der Waals surface area contributed by atoms with Crippen molar-refractivity contribution >= 4 is 11.6 Å². The molecule has 1 aliphatic heterocycles. The second kappa shape index (κ2) is 4.97. The van der Waals surface area contributed by atoms with E-state index in [-0.39, 0.29) is 6.10 Å². The summed E-state index contributed by atoms with van der Waals surface area (Å²) in [4.78, 5) is 2.26. The predicted molar refractivity (Wildman–Crippen MR) is 75.9 cm³/mol. The van der Waals surface area contributed by atoms with Crippen molar-refractivity contribution in [2.45, 2.75) is 37.4 Å². The number of nitrogens with zero attached hydrogens (tertiary/aromatic N) is 1. The van der Waals surface area contributed by atoms with Crippen molar-refractivity contribution in [2.24, 2.45) is 0 Å². The van der Waals surface area contributed by atoms with E-state index in [0.29, 0.717) is 11.4 Å². The standard InChI is InChI=1S/C15H20ClNO2/c1-17-7-4-12(10-17)19-14-3-2-11(8-13(14)16)9-15(18)5-6-15/h2-3,8,12,18H,4-7,9-10H2,1H3. The molecule has 0 bridgehead atoms. The van der Waals surface area contributed by atoms with E-state index in [9.17, 15) is 5.11 Å². The first-order chi connectivity index (χ1) is 9.04. The molecule has 3 rings (SSSR count). The van der Waals surface area contributed by atoms with Crippen LogP contribution in [0.2, 0.25) is 5.02 Å². The van der Waals surface area contributed by atoms with Crippen LogP contribution in [0.3, 0.4) is 0 Å². The van der Waals surface area contributed by atoms with Gasteiger partial charge in [-0.2, -0.15) is 0 Å². The topological polar surface area (TPSA) is 32.7 Å². The van der Waals surface area contributed by atoms with E-state index < -0.39 is 5.60 Å². The van der Waals surface area contributed by atoms with E-state index in [1.807, 2.05) is 18.2 Å². The summed E-state index contributed by atoms with van der Waals surface area (Å²) in [7, 11) is 2.10. The summed E-state index contributed by atoms with van der Waals surface area (Å²) in [6.07, 6.45) is 3.78. The van der Waals surface area contributed by atoms with Crippen LogP contribution in [0.5, 0.6) is 5.75 Å². The van der Waals surface area contributed by atoms with Gasteiger partial charge < -0.3 is 14.7 Å². The second-order valence-electron chi connectivity index (χ2n) is 5.96. The highest BCUT2D eigenvalue weighted by Gasteiger charge is 2.40. The van der Waals surface area contributed by atoms with Gasteiger partial charge in [-0.05, 0) is 44.0 Å². The van der Waals surface area contributed by atoms with E-state index in [2.05, 4.69) is 11.9 Å². The molecule has 19 heavy (non-hydrogen) atoms. The van der Waals surface area contributed by atoms with Gasteiger partial charge in [-0.1, -0.05) is 17.7 Å². The van der Waals surface area contributed by atoms with Gasteiger partial charge in [0.1, 0.15) is 11.9 Å². The molecule has 4 heteroatoms. The molecule has 1 atom stereocenters. The third kappa shape index (κ3) is 3.22. The second-order valence-corrected chi connectivity index (χ2v) is 6.36. The molecule has 2 aliphatic rings. The molecular weight excluding hydrogens is 262 g/mol. The van der Waals surface area contributed by atoms with Crippen LogP contribution >= 0.6 is 11.6 Å². The molecule has 1 N–H and O–H groups in total. The minimum Gasteiger partial charge on any atom is -0.487 e. The third-order valence-electron chi connectivity index (χ3n) is 4.00. The molecule has 0 spiro atoms. The van der Waals surface area contributed by atoms with Crippen LogP contribution in [-0.2, 0) is 6.42 Å². The van der Waals surface area contributed by atoms with Crippen LogP contribution in [0, 0.1) is 0 Å². The van der Waals surface area contributed by atoms with Gasteiger partial charge in [0, 0.05) is 19.5 Å². The van der Waals surface area contributed by atoms with Crippen molar-refractivity contribution in [3.05, 3.63) is 28.8 Å². The molecule has 104 valence electrons. The SMILES string of the molecule is CN1CCC(Oc2ccc(CC3(O)CC3)cc2Cl)C1. The molecule has 3 nitrogen and oxygen atoms in total. The highest BCUT2D eigenvalue weighted by molar-refractivity contribution is 6.32. The number of likely N-dealkylation sites (N-methyl/N-ethyl adjacent to an activating group) is 1. The Morgan fingerprint density at radius 1 is 1.47 bits per heavy atom. The zero-order valence-corrected chi connectivity index (χ0v) is 12.0. The Balaban J connectivity index is 1.65. The highest BCUT2D eigenvalue weighted by Crippen LogP contribution is 2.39. The molecule has 0 aromatic heterocycles. The zero-order chi connectivity index (χ0) is 13.5. The van der Waals surface area contributed by atoms with Crippen LogP contribution < -0.4 is 4.74 Å². The lowest BCUT2D eigenvalue weighted by molar-refractivity contribution is 0.151. The Labute approximate surface area is 119 Å². The Bertz CT molecular complexity index is 473. The summed E-state index contributed by atoms with van der Waals surface area (Å²) in [5.41, 5.74) is 0.612. The Morgan fingerprint density at radius 3 is 2.84 bits per heavy atom. The fourth-order valence-corrected chi connectivity index (χ4v) is 2.87. The minimum absolute atomic E-state index is 0.237. The van der Waals surface area contributed by atoms with Crippen LogP contribution in [0.4, 0.5) is 0 Å². The van der Waals surface area contributed by atoms with Gasteiger partial charge in [-0.3, -0.25) is 0 Å². The highest BCUT2D eigenvalue weighted by atomic mass is 35.5. The predicted octanol–water partition coefficient (Wildman–Crippen LogP) is 2.49. The molecule has 1 aromatic rings. The smallest absolute Gasteiger partial charge is 0.138 e. The molecule has 2 fully saturated rings. The van der Waals surface area contributed by atoms with Gasteiger partial charge >= 0.3 is 0 Å². The van der Waals surface area contributed by atoms with E-state index in [1.54, 1.807) is 0 Å². The van der Waals surface area contributed by atoms with Gasteiger partial charge in [-0.25, -0.2) is 0 Å². The monoisotopic (exact) mass is 281 g/mol. The van der Waals surface area contributed by atoms with Crippen LogP contribution in [0.15, 0.2) is 18.2 Å². The molecule has 1 saturated carbocycles. The number of benzene rings is 1. The molecular formula is C15H20ClNO2. The van der Waals surface area contributed by atoms with Crippen molar-refractivity contribution in [1.29, 1.82) is 0 Å². The zero-order valence-electron chi connectivity index (χ0n) is 11.2. The maximum Gasteiger partial charge on any atom is 0.138 e. The molecule has 1 aromatic carbocycles. The molecule has 1 heterocycles. The molecule has 1 saturated heterocycles. The molecule has 0 radical (unpaired) electrons. The molecule has 1 aliphatic carbocycles. The average Bonchev–Trinajstić information content (AvgIpc) is 2.92. The van der Waals surface area contributed by atoms with Gasteiger partial charge in [-0.15, -0.1) is 0 Å². The summed E-state index contributed by atoms with van der Waals surface area (Å²) in [6.45, 7) is 2.03. The first-order valence-electron chi connectivity index (χ1n) is 6.90. The lowest BCUT2D eigenvalue weighted by Gasteiger charge is -2.16. The lowest BCUT2D eigenvalue weighted by atomic mass is 10.1. The number of ether oxygens (including phenoxy) is 1. The lowest BCUT2D eigenvalue weighted by Crippen LogP contribution is -2.21. The Morgan fingerprint density at radius 2 is 2.26 bits per heavy atom. The number of hydrogen-bond donors (Lipinski definition) is 1. The number of aliphatic hydroxyl groups is 1. The summed E-state index contributed by atoms with van der Waals surface area (Å²) in [5.74, 6) is 0.758. The van der Waals surface area contributed by atoms with Gasteiger partial charge in [0.2, 0.25) is 0 Å². The van der Waals surface area contributed by atoms with Crippen LogP contribution in [0.25, 0.3) is 0 Å². The Hall–Kier alpha value is -0.770. The Kier molecular flexibility index (Phi) is 3.46. The van der Waals surface area contributed by atoms with E-state index in [1.165, 1.54) is 0 Å². The third-order valence-corrected chi connectivity index (χ3v) is 4.29. The van der Waals surface area contributed by atoms with E-state index in [0.717, 1.165) is 43.7 Å². The number of rotatable bonds is 4. The van der Waals surface area contributed by atoms with Crippen molar-refractivity contribution < 1.29 is 9.84 Å². The normalized spacial score (nSPS) is 25.5. The quantitative estimate of drug-likeness (QED) is 0.920. The molecule has 1 unspecified atom stereocenters. The fraction of sp³-hybridized carbons (Fsp3) is 0.600. The summed E-state index contributed by atoms with van der Waals surface area (Å²) < 4.78 is 5.94. The minimum atomic E-state index is -0.472. The fourth-order valence-electron chi connectivity index (χ4n) is 2.62. The van der Waals surface area contributed by atoms with Gasteiger partial charge in [0.25, 0.3) is 0 Å². The van der Waals surface area contributed by atoms with Crippen LogP contribution in [-0.4, -0.2) is 41.8 Å². The maximum absolute atomic E-state index is 9.92. The van der Waals surface area contributed by atoms with E-state index in [4.69, 9.17) is 16.3 Å². The summed E-state index contributed by atoms with van der Waals surface area (Å²) in [6, 6.07) is 5.86. The first-order valence-corrected chi connectivity index (χ1v) is 7.28. The summed E-state index contributed by atoms with van der Waals surface area (Å²) in [5, 5.41) is 10.6. The van der Waals surface area contributed by atoms with Gasteiger partial charge in [0.05, 0.1) is 10.6 Å². The number of halogens is 1. The van der Waals surface area contributed by atoms with Gasteiger partial charge in [0.15, 0.2) is 0 Å². The average molecular weight is 282 g/mol. The molecule has 0 amide bonds. The van der Waals surface area contributed by atoms with Crippen molar-refractivity contribution in [3.63, 3.8) is 0 Å². The van der Waals surface area contributed by atoms with Crippen molar-refractivity contribution in [2.75, 3.05) is 20.1 Å². The number of hydrogen-bond acceptors (Lipinski definition) is 3. The summed E-state index contributed by atoms with van der Waals surface area (Å²) >= 11 is 6.27. The largest absolute Gasteiger partial charge is 0.487 e.